The van der Waals surface area contributed by atoms with Crippen LogP contribution in [0.3, 0.4) is 0 Å². The molecule has 5 rings (SSSR count). The number of hydrogen-bond donors (Lipinski definition) is 0. The van der Waals surface area contributed by atoms with Crippen LogP contribution >= 0.6 is 15.9 Å². The smallest absolute Gasteiger partial charge is 0.462 e. The van der Waals surface area contributed by atoms with E-state index in [-0.39, 0.29) is 30.4 Å². The highest BCUT2D eigenvalue weighted by Gasteiger charge is 2.33. The lowest BCUT2D eigenvalue weighted by atomic mass is 10.0. The predicted octanol–water partition coefficient (Wildman–Crippen LogP) is 7.68. The summed E-state index contributed by atoms with van der Waals surface area (Å²) >= 11 is 3.36. The third kappa shape index (κ3) is 6.31. The molecule has 6 nitrogen and oxygen atoms in total. The van der Waals surface area contributed by atoms with Crippen LogP contribution in [0.5, 0.6) is 5.75 Å². The first-order valence-electron chi connectivity index (χ1n) is 12.5. The van der Waals surface area contributed by atoms with Crippen molar-refractivity contribution in [3.8, 4) is 5.75 Å². The highest BCUT2D eigenvalue weighted by atomic mass is 79.9. The number of rotatable bonds is 9. The number of pyridine rings is 1. The van der Waals surface area contributed by atoms with Gasteiger partial charge in [0.2, 0.25) is 0 Å². The molecule has 0 aliphatic heterocycles. The molecule has 208 valence electrons. The molecule has 0 radical (unpaired) electrons. The molecule has 1 fully saturated rings. The van der Waals surface area contributed by atoms with Crippen LogP contribution in [-0.4, -0.2) is 28.1 Å². The molecule has 0 saturated heterocycles. The highest BCUT2D eigenvalue weighted by Crippen LogP contribution is 2.47. The van der Waals surface area contributed by atoms with Crippen molar-refractivity contribution < 1.29 is 31.6 Å². The second-order valence-electron chi connectivity index (χ2n) is 9.20. The van der Waals surface area contributed by atoms with Gasteiger partial charge in [-0.3, -0.25) is 4.31 Å². The molecule has 1 heterocycles. The number of nitrogens with zero attached hydrogens (tertiary/aromatic N) is 2. The zero-order valence-electron chi connectivity index (χ0n) is 21.3. The van der Waals surface area contributed by atoms with Crippen molar-refractivity contribution in [2.75, 3.05) is 10.9 Å². The van der Waals surface area contributed by atoms with Gasteiger partial charge in [0.15, 0.2) is 11.0 Å². The molecule has 1 atom stereocenters. The fourth-order valence-electron chi connectivity index (χ4n) is 4.43. The van der Waals surface area contributed by atoms with Gasteiger partial charge >= 0.3 is 12.3 Å². The molecule has 1 aliphatic carbocycles. The van der Waals surface area contributed by atoms with E-state index in [0.717, 1.165) is 29.2 Å². The molecule has 0 bridgehead atoms. The molecule has 1 unspecified atom stereocenters. The minimum atomic E-state index is -4.80. The van der Waals surface area contributed by atoms with E-state index in [1.165, 1.54) is 30.3 Å². The van der Waals surface area contributed by atoms with Gasteiger partial charge in [-0.05, 0) is 82.9 Å². The first-order valence-corrected chi connectivity index (χ1v) is 14.4. The van der Waals surface area contributed by atoms with Crippen LogP contribution in [0.2, 0.25) is 0 Å². The lowest BCUT2D eigenvalue weighted by Crippen LogP contribution is -2.28. The second-order valence-corrected chi connectivity index (χ2v) is 11.5. The fourth-order valence-corrected chi connectivity index (χ4v) is 6.06. The largest absolute Gasteiger partial charge is 0.573 e. The van der Waals surface area contributed by atoms with Crippen molar-refractivity contribution in [3.05, 3.63) is 94.1 Å². The van der Waals surface area contributed by atoms with Crippen LogP contribution in [0.4, 0.5) is 19.0 Å². The number of fused-ring (bicyclic) bond motifs is 1. The number of benzene rings is 3. The second kappa shape index (κ2) is 11.6. The topological polar surface area (TPSA) is 68.7 Å². The Hall–Kier alpha value is -3.44. The number of ether oxygens (including phenoxy) is 2. The molecule has 11 heteroatoms. The average molecular weight is 633 g/mol. The van der Waals surface area contributed by atoms with Crippen LogP contribution in [0.1, 0.15) is 47.2 Å². The Bertz CT molecular complexity index is 1580. The Kier molecular flexibility index (Phi) is 8.14. The Morgan fingerprint density at radius 3 is 2.50 bits per heavy atom. The molecule has 0 N–H and O–H groups in total. The van der Waals surface area contributed by atoms with Gasteiger partial charge in [0.1, 0.15) is 11.6 Å². The summed E-state index contributed by atoms with van der Waals surface area (Å²) in [6.07, 6.45) is -1.13. The van der Waals surface area contributed by atoms with Crippen molar-refractivity contribution in [3.63, 3.8) is 0 Å². The molecule has 40 heavy (non-hydrogen) atoms. The number of alkyl halides is 3. The van der Waals surface area contributed by atoms with Gasteiger partial charge in [-0.1, -0.05) is 36.4 Å². The number of aromatic nitrogens is 1. The molecule has 0 amide bonds. The van der Waals surface area contributed by atoms with Crippen LogP contribution in [0.15, 0.2) is 82.3 Å². The summed E-state index contributed by atoms with van der Waals surface area (Å²) in [6, 6.07) is 18.1. The number of carbonyl (C=O) groups excluding carboxylic acids is 1. The first-order chi connectivity index (χ1) is 19.1. The van der Waals surface area contributed by atoms with E-state index in [1.807, 2.05) is 24.3 Å². The minimum absolute atomic E-state index is 0.0781. The SMILES string of the molecule is CCOC(=O)c1cc(S(=O)N(Cc2ccc(OC(F)(F)F)cc2)c2ncc3ccccc3c2C2CC2)ccc1Br. The maximum absolute atomic E-state index is 14.2. The number of halogens is 4. The Balaban J connectivity index is 1.59. The maximum atomic E-state index is 14.2. The highest BCUT2D eigenvalue weighted by molar-refractivity contribution is 9.10. The van der Waals surface area contributed by atoms with Crippen LogP contribution in [0, 0.1) is 0 Å². The lowest BCUT2D eigenvalue weighted by Gasteiger charge is -2.26. The number of hydrogen-bond acceptors (Lipinski definition) is 5. The third-order valence-corrected chi connectivity index (χ3v) is 8.41. The van der Waals surface area contributed by atoms with Gasteiger partial charge in [0.25, 0.3) is 0 Å². The summed E-state index contributed by atoms with van der Waals surface area (Å²) in [4.78, 5) is 17.6. The zero-order valence-corrected chi connectivity index (χ0v) is 23.7. The molecule has 3 aromatic carbocycles. The lowest BCUT2D eigenvalue weighted by molar-refractivity contribution is -0.274. The Morgan fingerprint density at radius 1 is 1.10 bits per heavy atom. The third-order valence-electron chi connectivity index (χ3n) is 6.36. The van der Waals surface area contributed by atoms with E-state index < -0.39 is 23.3 Å². The number of carbonyl (C=O) groups is 1. The van der Waals surface area contributed by atoms with E-state index >= 15 is 0 Å². The van der Waals surface area contributed by atoms with Crippen molar-refractivity contribution in [2.24, 2.45) is 0 Å². The van der Waals surface area contributed by atoms with Crippen LogP contribution in [-0.2, 0) is 22.3 Å². The molecule has 1 aromatic heterocycles. The normalized spacial score (nSPS) is 14.1. The fraction of sp³-hybridized carbons (Fsp3) is 0.241. The molecule has 1 saturated carbocycles. The zero-order chi connectivity index (χ0) is 28.4. The van der Waals surface area contributed by atoms with E-state index in [9.17, 15) is 22.2 Å². The summed E-state index contributed by atoms with van der Waals surface area (Å²) in [5, 5.41) is 1.97. The maximum Gasteiger partial charge on any atom is 0.573 e. The molecule has 4 aromatic rings. The molecular weight excluding hydrogens is 609 g/mol. The number of anilines is 1. The van der Waals surface area contributed by atoms with Gasteiger partial charge in [-0.25, -0.2) is 14.0 Å². The summed E-state index contributed by atoms with van der Waals surface area (Å²) in [5.74, 6) is -0.132. The van der Waals surface area contributed by atoms with Crippen LogP contribution < -0.4 is 9.04 Å². The van der Waals surface area contributed by atoms with Gasteiger partial charge in [-0.15, -0.1) is 13.2 Å². The monoisotopic (exact) mass is 632 g/mol. The molecule has 1 aliphatic rings. The van der Waals surface area contributed by atoms with Crippen molar-refractivity contribution in [1.29, 1.82) is 0 Å². The van der Waals surface area contributed by atoms with Crippen molar-refractivity contribution in [1.82, 2.24) is 4.98 Å². The van der Waals surface area contributed by atoms with Crippen LogP contribution in [0.25, 0.3) is 10.8 Å². The van der Waals surface area contributed by atoms with Gasteiger partial charge in [0, 0.05) is 21.6 Å². The average Bonchev–Trinajstić information content (AvgIpc) is 3.76. The quantitative estimate of drug-likeness (QED) is 0.177. The Labute approximate surface area is 239 Å². The summed E-state index contributed by atoms with van der Waals surface area (Å²) in [7, 11) is -1.84. The van der Waals surface area contributed by atoms with Gasteiger partial charge in [-0.2, -0.15) is 0 Å². The standard InChI is InChI=1S/C29H24BrF3N2O4S/c1-2-38-28(36)24-15-22(13-14-25(24)30)40(37)35(17-18-7-11-21(12-8-18)39-29(31,32)33)27-26(19-9-10-19)23-6-4-3-5-20(23)16-34-27/h3-8,11-16,19H,2,9-10,17H2,1H3. The Morgan fingerprint density at radius 2 is 1.82 bits per heavy atom. The summed E-state index contributed by atoms with van der Waals surface area (Å²) in [6.45, 7) is 1.96. The number of esters is 1. The minimum Gasteiger partial charge on any atom is -0.462 e. The first kappa shape index (κ1) is 28.1. The van der Waals surface area contributed by atoms with Gasteiger partial charge < -0.3 is 9.47 Å². The van der Waals surface area contributed by atoms with Crippen molar-refractivity contribution in [2.45, 2.75) is 43.5 Å². The predicted molar refractivity (Wildman–Crippen MR) is 150 cm³/mol. The van der Waals surface area contributed by atoms with Crippen molar-refractivity contribution >= 4 is 49.5 Å². The van der Waals surface area contributed by atoms with E-state index in [4.69, 9.17) is 9.72 Å². The van der Waals surface area contributed by atoms with Gasteiger partial charge in [0.05, 0.1) is 23.6 Å². The summed E-state index contributed by atoms with van der Waals surface area (Å²) in [5.41, 5.74) is 1.81. The van der Waals surface area contributed by atoms with E-state index in [2.05, 4.69) is 20.7 Å². The van der Waals surface area contributed by atoms with E-state index in [0.29, 0.717) is 20.7 Å². The summed E-state index contributed by atoms with van der Waals surface area (Å²) < 4.78 is 63.5. The molecular formula is C29H24BrF3N2O4S. The van der Waals surface area contributed by atoms with E-state index in [1.54, 1.807) is 29.6 Å². The molecule has 0 spiro atoms.